The SMILES string of the molecule is CC(C)(C)c1cc(NC(=O)Nc2ccc(-c3cn4c(n3)sc3nc(N5CCNCC5)ncc34)cc2)no1. The van der Waals surface area contributed by atoms with E-state index >= 15 is 0 Å². The Bertz CT molecular complexity index is 1570. The van der Waals surface area contributed by atoms with E-state index in [0.29, 0.717) is 17.3 Å². The van der Waals surface area contributed by atoms with Gasteiger partial charge in [-0.25, -0.2) is 19.7 Å². The van der Waals surface area contributed by atoms with E-state index in [2.05, 4.69) is 31.0 Å². The fourth-order valence-corrected chi connectivity index (χ4v) is 5.08. The number of rotatable bonds is 4. The Morgan fingerprint density at radius 2 is 1.89 bits per heavy atom. The highest BCUT2D eigenvalue weighted by molar-refractivity contribution is 7.23. The maximum Gasteiger partial charge on any atom is 0.324 e. The van der Waals surface area contributed by atoms with Crippen LogP contribution in [-0.4, -0.2) is 56.7 Å². The van der Waals surface area contributed by atoms with Gasteiger partial charge in [0.15, 0.2) is 10.8 Å². The molecule has 1 aliphatic rings. The van der Waals surface area contributed by atoms with Crippen molar-refractivity contribution in [3.63, 3.8) is 0 Å². The normalized spacial score (nSPS) is 14.4. The minimum Gasteiger partial charge on any atom is -0.359 e. The summed E-state index contributed by atoms with van der Waals surface area (Å²) in [6.45, 7) is 9.75. The topological polar surface area (TPSA) is 126 Å². The number of hydrogen-bond donors (Lipinski definition) is 3. The minimum absolute atomic E-state index is 0.186. The molecule has 3 N–H and O–H groups in total. The number of fused-ring (bicyclic) bond motifs is 3. The van der Waals surface area contributed by atoms with E-state index in [1.165, 1.54) is 0 Å². The monoisotopic (exact) mass is 517 g/mol. The van der Waals surface area contributed by atoms with E-state index in [-0.39, 0.29) is 5.41 Å². The quantitative estimate of drug-likeness (QED) is 0.321. The summed E-state index contributed by atoms with van der Waals surface area (Å²) >= 11 is 1.55. The standard InChI is InChI=1S/C25H27N9O2S/c1-25(2,3)19-12-20(32-36-19)30-23(35)28-16-6-4-15(5-7-16)17-14-34-18-13-27-22(33-10-8-26-9-11-33)31-21(18)37-24(34)29-17/h4-7,12-14,26H,8-11H2,1-3H3,(H2,28,30,32,35). The number of hydrogen-bond acceptors (Lipinski definition) is 9. The van der Waals surface area contributed by atoms with Gasteiger partial charge in [-0.1, -0.05) is 49.4 Å². The molecule has 0 radical (unpaired) electrons. The van der Waals surface area contributed by atoms with Gasteiger partial charge in [-0.15, -0.1) is 0 Å². The van der Waals surface area contributed by atoms with Crippen molar-refractivity contribution < 1.29 is 9.32 Å². The molecule has 11 nitrogen and oxygen atoms in total. The number of piperazine rings is 1. The van der Waals surface area contributed by atoms with Gasteiger partial charge in [0.2, 0.25) is 5.95 Å². The van der Waals surface area contributed by atoms with Crippen molar-refractivity contribution in [2.75, 3.05) is 41.7 Å². The molecule has 1 aliphatic heterocycles. The molecule has 5 heterocycles. The number of nitrogens with one attached hydrogen (secondary N) is 3. The van der Waals surface area contributed by atoms with Gasteiger partial charge >= 0.3 is 6.03 Å². The average Bonchev–Trinajstić information content (AvgIpc) is 3.59. The molecule has 37 heavy (non-hydrogen) atoms. The van der Waals surface area contributed by atoms with E-state index in [0.717, 1.165) is 58.7 Å². The van der Waals surface area contributed by atoms with Crippen molar-refractivity contribution in [3.05, 3.63) is 48.5 Å². The highest BCUT2D eigenvalue weighted by Crippen LogP contribution is 2.30. The first-order valence-electron chi connectivity index (χ1n) is 12.1. The number of amides is 2. The maximum atomic E-state index is 12.4. The van der Waals surface area contributed by atoms with Crippen molar-refractivity contribution >= 4 is 50.1 Å². The number of thiazole rings is 1. The van der Waals surface area contributed by atoms with Crippen LogP contribution in [0.2, 0.25) is 0 Å². The number of anilines is 3. The third kappa shape index (κ3) is 4.72. The Kier molecular flexibility index (Phi) is 5.76. The Morgan fingerprint density at radius 3 is 2.62 bits per heavy atom. The number of urea groups is 1. The largest absolute Gasteiger partial charge is 0.359 e. The number of carbonyl (C=O) groups is 1. The van der Waals surface area contributed by atoms with Crippen molar-refractivity contribution in [1.82, 2.24) is 29.8 Å². The van der Waals surface area contributed by atoms with Crippen molar-refractivity contribution in [3.8, 4) is 11.3 Å². The fraction of sp³-hybridized carbons (Fsp3) is 0.320. The number of benzene rings is 1. The molecule has 1 saturated heterocycles. The van der Waals surface area contributed by atoms with Crippen LogP contribution in [0.15, 0.2) is 47.2 Å². The molecular weight excluding hydrogens is 490 g/mol. The summed E-state index contributed by atoms with van der Waals surface area (Å²) in [5, 5.41) is 12.8. The number of carbonyl (C=O) groups excluding carboxylic acids is 1. The fourth-order valence-electron chi connectivity index (χ4n) is 4.13. The van der Waals surface area contributed by atoms with Gasteiger partial charge in [0.05, 0.1) is 11.9 Å². The lowest BCUT2D eigenvalue weighted by atomic mass is 9.93. The van der Waals surface area contributed by atoms with Crippen LogP contribution in [0.3, 0.4) is 0 Å². The molecule has 190 valence electrons. The van der Waals surface area contributed by atoms with E-state index in [4.69, 9.17) is 14.5 Å². The summed E-state index contributed by atoms with van der Waals surface area (Å²) in [5.41, 5.74) is 3.19. The Labute approximate surface area is 216 Å². The third-order valence-electron chi connectivity index (χ3n) is 6.17. The van der Waals surface area contributed by atoms with E-state index < -0.39 is 6.03 Å². The summed E-state index contributed by atoms with van der Waals surface area (Å²) in [7, 11) is 0. The molecule has 2 amide bonds. The molecule has 0 atom stereocenters. The van der Waals surface area contributed by atoms with Crippen molar-refractivity contribution in [1.29, 1.82) is 0 Å². The van der Waals surface area contributed by atoms with Crippen molar-refractivity contribution in [2.24, 2.45) is 0 Å². The molecule has 12 heteroatoms. The predicted molar refractivity (Wildman–Crippen MR) is 145 cm³/mol. The second-order valence-electron chi connectivity index (χ2n) is 9.96. The summed E-state index contributed by atoms with van der Waals surface area (Å²) < 4.78 is 7.34. The van der Waals surface area contributed by atoms with Crippen LogP contribution in [-0.2, 0) is 5.41 Å². The molecule has 4 aromatic heterocycles. The molecule has 1 fully saturated rings. The predicted octanol–water partition coefficient (Wildman–Crippen LogP) is 4.35. The van der Waals surface area contributed by atoms with Gasteiger partial charge in [-0.3, -0.25) is 9.72 Å². The van der Waals surface area contributed by atoms with Gasteiger partial charge in [0.25, 0.3) is 0 Å². The first kappa shape index (κ1) is 23.4. The second-order valence-corrected chi connectivity index (χ2v) is 10.9. The molecule has 0 bridgehead atoms. The highest BCUT2D eigenvalue weighted by Gasteiger charge is 2.20. The van der Waals surface area contributed by atoms with Crippen LogP contribution in [0.4, 0.5) is 22.2 Å². The molecule has 6 rings (SSSR count). The van der Waals surface area contributed by atoms with E-state index in [9.17, 15) is 4.79 Å². The molecular formula is C25H27N9O2S. The van der Waals surface area contributed by atoms with Crippen LogP contribution in [0.5, 0.6) is 0 Å². The Hall–Kier alpha value is -4.03. The van der Waals surface area contributed by atoms with Gasteiger partial charge in [0.1, 0.15) is 16.1 Å². The van der Waals surface area contributed by atoms with E-state index in [1.807, 2.05) is 61.8 Å². The summed E-state index contributed by atoms with van der Waals surface area (Å²) in [6, 6.07) is 8.87. The van der Waals surface area contributed by atoms with Crippen LogP contribution in [0.25, 0.3) is 26.6 Å². The molecule has 0 saturated carbocycles. The molecule has 0 spiro atoms. The zero-order valence-corrected chi connectivity index (χ0v) is 21.6. The van der Waals surface area contributed by atoms with Gasteiger partial charge in [-0.05, 0) is 12.1 Å². The zero-order valence-electron chi connectivity index (χ0n) is 20.8. The molecule has 0 aliphatic carbocycles. The van der Waals surface area contributed by atoms with E-state index in [1.54, 1.807) is 17.4 Å². The average molecular weight is 518 g/mol. The summed E-state index contributed by atoms with van der Waals surface area (Å²) in [4.78, 5) is 30.6. The lowest BCUT2D eigenvalue weighted by Gasteiger charge is -2.27. The molecule has 1 aromatic carbocycles. The van der Waals surface area contributed by atoms with Gasteiger partial charge < -0.3 is 20.1 Å². The third-order valence-corrected chi connectivity index (χ3v) is 7.14. The molecule has 5 aromatic rings. The Morgan fingerprint density at radius 1 is 1.11 bits per heavy atom. The first-order chi connectivity index (χ1) is 17.8. The number of aromatic nitrogens is 5. The lowest BCUT2D eigenvalue weighted by molar-refractivity contribution is 0.262. The van der Waals surface area contributed by atoms with Crippen LogP contribution < -0.4 is 20.9 Å². The highest BCUT2D eigenvalue weighted by atomic mass is 32.1. The number of nitrogens with zero attached hydrogens (tertiary/aromatic N) is 6. The van der Waals surface area contributed by atoms with Crippen LogP contribution in [0, 0.1) is 0 Å². The summed E-state index contributed by atoms with van der Waals surface area (Å²) in [5.74, 6) is 1.84. The zero-order chi connectivity index (χ0) is 25.6. The Balaban J connectivity index is 1.15. The minimum atomic E-state index is -0.393. The van der Waals surface area contributed by atoms with Gasteiger partial charge in [-0.2, -0.15) is 0 Å². The maximum absolute atomic E-state index is 12.4. The number of imidazole rings is 1. The van der Waals surface area contributed by atoms with Crippen LogP contribution >= 0.6 is 11.3 Å². The lowest BCUT2D eigenvalue weighted by Crippen LogP contribution is -2.44. The van der Waals surface area contributed by atoms with Crippen molar-refractivity contribution in [2.45, 2.75) is 26.2 Å². The second kappa shape index (κ2) is 9.12. The first-order valence-corrected chi connectivity index (χ1v) is 12.9. The summed E-state index contributed by atoms with van der Waals surface area (Å²) in [6.07, 6.45) is 3.87. The van der Waals surface area contributed by atoms with Gasteiger partial charge in [0, 0.05) is 55.1 Å². The van der Waals surface area contributed by atoms with Crippen LogP contribution in [0.1, 0.15) is 26.5 Å². The molecule has 0 unspecified atom stereocenters. The smallest absolute Gasteiger partial charge is 0.324 e.